The Morgan fingerprint density at radius 3 is 2.58 bits per heavy atom. The zero-order valence-corrected chi connectivity index (χ0v) is 17.4. The van der Waals surface area contributed by atoms with Crippen molar-refractivity contribution in [2.45, 2.75) is 38.6 Å². The lowest BCUT2D eigenvalue weighted by Gasteiger charge is -2.30. The van der Waals surface area contributed by atoms with Gasteiger partial charge in [0.05, 0.1) is 22.4 Å². The third kappa shape index (κ3) is 5.25. The molecule has 142 valence electrons. The third-order valence-corrected chi connectivity index (χ3v) is 6.06. The van der Waals surface area contributed by atoms with Gasteiger partial charge in [-0.3, -0.25) is 14.8 Å². The molecule has 0 bridgehead atoms. The van der Waals surface area contributed by atoms with Crippen LogP contribution in [0.3, 0.4) is 0 Å². The molecular formula is C19H27ClN4OS. The maximum atomic E-state index is 12.4. The van der Waals surface area contributed by atoms with Crippen molar-refractivity contribution >= 4 is 29.3 Å². The summed E-state index contributed by atoms with van der Waals surface area (Å²) in [5.74, 6) is 0.383. The number of nitrogens with one attached hydrogen (secondary N) is 2. The van der Waals surface area contributed by atoms with Gasteiger partial charge in [-0.15, -0.1) is 11.8 Å². The van der Waals surface area contributed by atoms with Crippen LogP contribution in [-0.2, 0) is 4.79 Å². The van der Waals surface area contributed by atoms with E-state index in [4.69, 9.17) is 11.6 Å². The van der Waals surface area contributed by atoms with Crippen LogP contribution in [0.15, 0.2) is 29.2 Å². The molecule has 0 saturated heterocycles. The van der Waals surface area contributed by atoms with Crippen molar-refractivity contribution in [3.8, 4) is 0 Å². The van der Waals surface area contributed by atoms with E-state index in [9.17, 15) is 4.79 Å². The maximum Gasteiger partial charge on any atom is 0.230 e. The Labute approximate surface area is 164 Å². The van der Waals surface area contributed by atoms with E-state index in [1.807, 2.05) is 38.1 Å². The SMILES string of the molecule is CCN(CC)[C@H](CNC(=O)CSc1c(C)n[nH]c1C)c1ccccc1Cl. The van der Waals surface area contributed by atoms with E-state index in [1.165, 1.54) is 11.8 Å². The largest absolute Gasteiger partial charge is 0.353 e. The molecule has 2 N–H and O–H groups in total. The highest BCUT2D eigenvalue weighted by molar-refractivity contribution is 8.00. The summed E-state index contributed by atoms with van der Waals surface area (Å²) in [6.45, 7) is 10.5. The smallest absolute Gasteiger partial charge is 0.230 e. The number of H-pyrrole nitrogens is 1. The topological polar surface area (TPSA) is 61.0 Å². The van der Waals surface area contributed by atoms with Crippen LogP contribution in [0, 0.1) is 13.8 Å². The zero-order chi connectivity index (χ0) is 19.1. The van der Waals surface area contributed by atoms with Gasteiger partial charge in [-0.25, -0.2) is 0 Å². The molecule has 0 unspecified atom stereocenters. The molecule has 2 aromatic rings. The number of aryl methyl sites for hydroxylation is 2. The first-order valence-corrected chi connectivity index (χ1v) is 10.2. The van der Waals surface area contributed by atoms with Crippen molar-refractivity contribution in [1.82, 2.24) is 20.4 Å². The lowest BCUT2D eigenvalue weighted by molar-refractivity contribution is -0.118. The van der Waals surface area contributed by atoms with Gasteiger partial charge < -0.3 is 5.32 Å². The molecule has 0 aliphatic carbocycles. The first-order chi connectivity index (χ1) is 12.5. The molecule has 0 spiro atoms. The molecule has 5 nitrogen and oxygen atoms in total. The molecule has 1 amide bonds. The molecule has 0 aliphatic rings. The number of halogens is 1. The summed E-state index contributed by atoms with van der Waals surface area (Å²) < 4.78 is 0. The number of hydrogen-bond acceptors (Lipinski definition) is 4. The molecule has 0 radical (unpaired) electrons. The average Bonchev–Trinajstić information content (AvgIpc) is 2.95. The Morgan fingerprint density at radius 1 is 1.31 bits per heavy atom. The number of hydrogen-bond donors (Lipinski definition) is 2. The number of aromatic amines is 1. The lowest BCUT2D eigenvalue weighted by Crippen LogP contribution is -2.38. The first-order valence-electron chi connectivity index (χ1n) is 8.87. The van der Waals surface area contributed by atoms with Gasteiger partial charge in [-0.2, -0.15) is 5.10 Å². The second kappa shape index (κ2) is 10.00. The lowest BCUT2D eigenvalue weighted by atomic mass is 10.0. The summed E-state index contributed by atoms with van der Waals surface area (Å²) in [6, 6.07) is 7.90. The molecule has 0 saturated carbocycles. The molecule has 2 rings (SSSR count). The number of nitrogens with zero attached hydrogens (tertiary/aromatic N) is 2. The standard InChI is InChI=1S/C19H27ClN4OS/c1-5-24(6-2)17(15-9-7-8-10-16(15)20)11-21-18(25)12-26-19-13(3)22-23-14(19)4/h7-10,17H,5-6,11-12H2,1-4H3,(H,21,25)(H,22,23)/t17-/m1/s1. The van der Waals surface area contributed by atoms with Crippen molar-refractivity contribution in [3.63, 3.8) is 0 Å². The molecule has 0 fully saturated rings. The van der Waals surface area contributed by atoms with E-state index in [0.717, 1.165) is 40.0 Å². The number of rotatable bonds is 9. The fourth-order valence-corrected chi connectivity index (χ4v) is 4.15. The summed E-state index contributed by atoms with van der Waals surface area (Å²) in [5, 5.41) is 10.9. The van der Waals surface area contributed by atoms with Crippen molar-refractivity contribution in [3.05, 3.63) is 46.2 Å². The van der Waals surface area contributed by atoms with Gasteiger partial charge in [0.1, 0.15) is 0 Å². The van der Waals surface area contributed by atoms with Crippen LogP contribution in [0.1, 0.15) is 36.8 Å². The van der Waals surface area contributed by atoms with Crippen LogP contribution in [0.5, 0.6) is 0 Å². The van der Waals surface area contributed by atoms with E-state index in [-0.39, 0.29) is 11.9 Å². The van der Waals surface area contributed by atoms with Crippen molar-refractivity contribution in [2.75, 3.05) is 25.4 Å². The van der Waals surface area contributed by atoms with Crippen LogP contribution in [0.25, 0.3) is 0 Å². The molecular weight excluding hydrogens is 368 g/mol. The van der Waals surface area contributed by atoms with E-state index < -0.39 is 0 Å². The zero-order valence-electron chi connectivity index (χ0n) is 15.8. The Morgan fingerprint density at radius 2 is 2.00 bits per heavy atom. The van der Waals surface area contributed by atoms with E-state index >= 15 is 0 Å². The van der Waals surface area contributed by atoms with Gasteiger partial charge in [0, 0.05) is 17.3 Å². The second-order valence-corrected chi connectivity index (χ2v) is 7.51. The normalized spacial score (nSPS) is 12.4. The highest BCUT2D eigenvalue weighted by Crippen LogP contribution is 2.27. The summed E-state index contributed by atoms with van der Waals surface area (Å²) in [7, 11) is 0. The fourth-order valence-electron chi connectivity index (χ4n) is 3.00. The van der Waals surface area contributed by atoms with Gasteiger partial charge in [-0.1, -0.05) is 43.6 Å². The van der Waals surface area contributed by atoms with Crippen molar-refractivity contribution in [2.24, 2.45) is 0 Å². The summed E-state index contributed by atoms with van der Waals surface area (Å²) in [5.41, 5.74) is 2.97. The predicted octanol–water partition coefficient (Wildman–Crippen LogP) is 3.97. The van der Waals surface area contributed by atoms with E-state index in [2.05, 4.69) is 34.3 Å². The van der Waals surface area contributed by atoms with Gasteiger partial charge >= 0.3 is 0 Å². The molecule has 1 heterocycles. The van der Waals surface area contributed by atoms with Crippen LogP contribution in [0.2, 0.25) is 5.02 Å². The number of aromatic nitrogens is 2. The number of amides is 1. The Hall–Kier alpha value is -1.50. The van der Waals surface area contributed by atoms with Crippen molar-refractivity contribution in [1.29, 1.82) is 0 Å². The average molecular weight is 395 g/mol. The quantitative estimate of drug-likeness (QED) is 0.631. The van der Waals surface area contributed by atoms with Crippen LogP contribution in [-0.4, -0.2) is 46.4 Å². The Kier molecular flexibility index (Phi) is 8.00. The summed E-state index contributed by atoms with van der Waals surface area (Å²) in [4.78, 5) is 15.7. The number of thioether (sulfide) groups is 1. The van der Waals surface area contributed by atoms with E-state index in [0.29, 0.717) is 12.3 Å². The third-order valence-electron chi connectivity index (χ3n) is 4.42. The minimum atomic E-state index is 0.0132. The molecule has 0 aliphatic heterocycles. The maximum absolute atomic E-state index is 12.4. The fraction of sp³-hybridized carbons (Fsp3) is 0.474. The monoisotopic (exact) mass is 394 g/mol. The van der Waals surface area contributed by atoms with Crippen LogP contribution in [0.4, 0.5) is 0 Å². The first kappa shape index (κ1) is 20.8. The van der Waals surface area contributed by atoms with Gasteiger partial charge in [0.2, 0.25) is 5.91 Å². The van der Waals surface area contributed by atoms with Crippen molar-refractivity contribution < 1.29 is 4.79 Å². The highest BCUT2D eigenvalue weighted by atomic mass is 35.5. The van der Waals surface area contributed by atoms with E-state index in [1.54, 1.807) is 0 Å². The molecule has 1 atom stereocenters. The number of benzene rings is 1. The van der Waals surface area contributed by atoms with Gasteiger partial charge in [0.25, 0.3) is 0 Å². The molecule has 26 heavy (non-hydrogen) atoms. The minimum absolute atomic E-state index is 0.0132. The molecule has 1 aromatic carbocycles. The molecule has 1 aromatic heterocycles. The Bertz CT molecular complexity index is 711. The summed E-state index contributed by atoms with van der Waals surface area (Å²) in [6.07, 6.45) is 0. The van der Waals surface area contributed by atoms with Gasteiger partial charge in [-0.05, 0) is 38.6 Å². The Balaban J connectivity index is 2.00. The van der Waals surface area contributed by atoms with Crippen LogP contribution >= 0.6 is 23.4 Å². The summed E-state index contributed by atoms with van der Waals surface area (Å²) >= 11 is 7.92. The number of carbonyl (C=O) groups excluding carboxylic acids is 1. The highest BCUT2D eigenvalue weighted by Gasteiger charge is 2.21. The number of likely N-dealkylation sites (N-methyl/N-ethyl adjacent to an activating group) is 1. The second-order valence-electron chi connectivity index (χ2n) is 6.11. The molecule has 7 heteroatoms. The predicted molar refractivity (Wildman–Crippen MR) is 109 cm³/mol. The minimum Gasteiger partial charge on any atom is -0.353 e. The van der Waals surface area contributed by atoms with Crippen LogP contribution < -0.4 is 5.32 Å². The van der Waals surface area contributed by atoms with Gasteiger partial charge in [0.15, 0.2) is 0 Å². The number of carbonyl (C=O) groups is 1.